The number of thioether (sulfide) groups is 1. The van der Waals surface area contributed by atoms with Crippen LogP contribution in [0.25, 0.3) is 0 Å². The Kier molecular flexibility index (Phi) is 6.03. The van der Waals surface area contributed by atoms with E-state index in [9.17, 15) is 9.59 Å². The second kappa shape index (κ2) is 8.01. The van der Waals surface area contributed by atoms with Crippen LogP contribution in [0.3, 0.4) is 0 Å². The highest BCUT2D eigenvalue weighted by atomic mass is 32.2. The molecule has 0 saturated heterocycles. The lowest BCUT2D eigenvalue weighted by atomic mass is 10.2. The molecule has 1 heterocycles. The van der Waals surface area contributed by atoms with Gasteiger partial charge in [-0.25, -0.2) is 0 Å². The molecule has 0 fully saturated rings. The monoisotopic (exact) mass is 346 g/mol. The summed E-state index contributed by atoms with van der Waals surface area (Å²) in [7, 11) is 0. The molecule has 0 bridgehead atoms. The second-order valence-electron chi connectivity index (χ2n) is 5.30. The van der Waals surface area contributed by atoms with Crippen molar-refractivity contribution in [3.05, 3.63) is 41.2 Å². The molecule has 0 spiro atoms. The summed E-state index contributed by atoms with van der Waals surface area (Å²) in [5.74, 6) is -1.33. The maximum Gasteiger partial charge on any atom is 0.313 e. The van der Waals surface area contributed by atoms with E-state index >= 15 is 0 Å². The van der Waals surface area contributed by atoms with Crippen LogP contribution in [0.2, 0.25) is 0 Å². The van der Waals surface area contributed by atoms with Gasteiger partial charge in [-0.3, -0.25) is 14.3 Å². The maximum atomic E-state index is 12.1. The normalized spacial score (nSPS) is 10.5. The van der Waals surface area contributed by atoms with Gasteiger partial charge in [-0.15, -0.1) is 11.8 Å². The van der Waals surface area contributed by atoms with Crippen LogP contribution in [0, 0.1) is 13.8 Å². The predicted molar refractivity (Wildman–Crippen MR) is 96.1 cm³/mol. The Labute approximate surface area is 146 Å². The molecule has 0 radical (unpaired) electrons. The molecule has 128 valence electrons. The van der Waals surface area contributed by atoms with E-state index in [1.54, 1.807) is 6.07 Å². The molecule has 0 saturated carbocycles. The van der Waals surface area contributed by atoms with Gasteiger partial charge in [0.05, 0.1) is 11.4 Å². The molecule has 24 heavy (non-hydrogen) atoms. The first-order chi connectivity index (χ1) is 11.5. The van der Waals surface area contributed by atoms with E-state index in [2.05, 4.69) is 15.7 Å². The van der Waals surface area contributed by atoms with Gasteiger partial charge in [-0.2, -0.15) is 5.10 Å². The second-order valence-corrected chi connectivity index (χ2v) is 6.15. The standard InChI is InChI=1S/C17H22N4O2S/c1-5-21-12(3)13(11(2)20-21)10-18-16(22)17(23)19-14-8-6-7-9-15(14)24-4/h6-9H,5,10H2,1-4H3,(H,18,22)(H,19,23). The Morgan fingerprint density at radius 2 is 1.92 bits per heavy atom. The van der Waals surface area contributed by atoms with E-state index in [0.29, 0.717) is 5.69 Å². The van der Waals surface area contributed by atoms with Gasteiger partial charge in [0.25, 0.3) is 0 Å². The number of aromatic nitrogens is 2. The largest absolute Gasteiger partial charge is 0.344 e. The third kappa shape index (κ3) is 3.97. The number of hydrogen-bond donors (Lipinski definition) is 2. The number of nitrogens with one attached hydrogen (secondary N) is 2. The van der Waals surface area contributed by atoms with Crippen molar-refractivity contribution in [1.82, 2.24) is 15.1 Å². The number of rotatable bonds is 5. The van der Waals surface area contributed by atoms with Crippen LogP contribution in [0.1, 0.15) is 23.9 Å². The van der Waals surface area contributed by atoms with Gasteiger partial charge in [0.15, 0.2) is 0 Å². The molecule has 1 aromatic heterocycles. The Morgan fingerprint density at radius 1 is 1.21 bits per heavy atom. The zero-order valence-electron chi connectivity index (χ0n) is 14.3. The summed E-state index contributed by atoms with van der Waals surface area (Å²) in [5, 5.41) is 9.72. The highest BCUT2D eigenvalue weighted by molar-refractivity contribution is 7.98. The predicted octanol–water partition coefficient (Wildman–Crippen LogP) is 2.50. The Bertz CT molecular complexity index is 755. The van der Waals surface area contributed by atoms with Crippen molar-refractivity contribution in [2.45, 2.75) is 38.8 Å². The molecule has 1 aromatic carbocycles. The van der Waals surface area contributed by atoms with E-state index in [-0.39, 0.29) is 6.54 Å². The quantitative estimate of drug-likeness (QED) is 0.644. The molecular formula is C17H22N4O2S. The van der Waals surface area contributed by atoms with E-state index < -0.39 is 11.8 Å². The van der Waals surface area contributed by atoms with Crippen molar-refractivity contribution in [1.29, 1.82) is 0 Å². The molecule has 2 amide bonds. The van der Waals surface area contributed by atoms with Crippen LogP contribution in [-0.4, -0.2) is 27.9 Å². The van der Waals surface area contributed by atoms with E-state index in [0.717, 1.165) is 28.4 Å². The number of amides is 2. The molecule has 0 aliphatic rings. The number of anilines is 1. The minimum absolute atomic E-state index is 0.286. The zero-order chi connectivity index (χ0) is 17.7. The average molecular weight is 346 g/mol. The Hall–Kier alpha value is -2.28. The van der Waals surface area contributed by atoms with Gasteiger partial charge in [0, 0.05) is 29.2 Å². The van der Waals surface area contributed by atoms with Gasteiger partial charge >= 0.3 is 11.8 Å². The number of nitrogens with zero attached hydrogens (tertiary/aromatic N) is 2. The van der Waals surface area contributed by atoms with Gasteiger partial charge in [0.1, 0.15) is 0 Å². The minimum atomic E-state index is -0.672. The van der Waals surface area contributed by atoms with Gasteiger partial charge in [-0.05, 0) is 39.2 Å². The van der Waals surface area contributed by atoms with Gasteiger partial charge in [0.2, 0.25) is 0 Å². The fourth-order valence-electron chi connectivity index (χ4n) is 2.47. The van der Waals surface area contributed by atoms with Crippen LogP contribution in [-0.2, 0) is 22.7 Å². The first-order valence-electron chi connectivity index (χ1n) is 7.73. The highest BCUT2D eigenvalue weighted by Gasteiger charge is 2.17. The Balaban J connectivity index is 2.00. The summed E-state index contributed by atoms with van der Waals surface area (Å²) in [6, 6.07) is 7.37. The smallest absolute Gasteiger partial charge is 0.313 e. The third-order valence-electron chi connectivity index (χ3n) is 3.82. The fourth-order valence-corrected chi connectivity index (χ4v) is 3.03. The molecule has 0 aliphatic heterocycles. The summed E-state index contributed by atoms with van der Waals surface area (Å²) in [6.45, 7) is 6.92. The number of carbonyl (C=O) groups is 2. The molecular weight excluding hydrogens is 324 g/mol. The third-order valence-corrected chi connectivity index (χ3v) is 4.61. The first kappa shape index (κ1) is 18.1. The van der Waals surface area contributed by atoms with Crippen molar-refractivity contribution >= 4 is 29.3 Å². The molecule has 7 heteroatoms. The summed E-state index contributed by atoms with van der Waals surface area (Å²) in [4.78, 5) is 25.1. The van der Waals surface area contributed by atoms with Crippen LogP contribution in [0.15, 0.2) is 29.2 Å². The number of para-hydroxylation sites is 1. The molecule has 6 nitrogen and oxygen atoms in total. The SMILES string of the molecule is CCn1nc(C)c(CNC(=O)C(=O)Nc2ccccc2SC)c1C. The van der Waals surface area contributed by atoms with Crippen LogP contribution in [0.5, 0.6) is 0 Å². The van der Waals surface area contributed by atoms with Crippen molar-refractivity contribution in [2.75, 3.05) is 11.6 Å². The van der Waals surface area contributed by atoms with Crippen LogP contribution >= 0.6 is 11.8 Å². The zero-order valence-corrected chi connectivity index (χ0v) is 15.2. The van der Waals surface area contributed by atoms with Crippen molar-refractivity contribution in [3.8, 4) is 0 Å². The number of aryl methyl sites for hydroxylation is 2. The maximum absolute atomic E-state index is 12.1. The van der Waals surface area contributed by atoms with E-state index in [4.69, 9.17) is 0 Å². The van der Waals surface area contributed by atoms with E-state index in [1.165, 1.54) is 11.8 Å². The van der Waals surface area contributed by atoms with Crippen molar-refractivity contribution < 1.29 is 9.59 Å². The van der Waals surface area contributed by atoms with Crippen molar-refractivity contribution in [2.24, 2.45) is 0 Å². The topological polar surface area (TPSA) is 76.0 Å². The summed E-state index contributed by atoms with van der Waals surface area (Å²) < 4.78 is 1.88. The lowest BCUT2D eigenvalue weighted by Crippen LogP contribution is -2.35. The first-order valence-corrected chi connectivity index (χ1v) is 8.95. The molecule has 0 atom stereocenters. The van der Waals surface area contributed by atoms with Gasteiger partial charge in [-0.1, -0.05) is 12.1 Å². The number of carbonyl (C=O) groups excluding carboxylic acids is 2. The van der Waals surface area contributed by atoms with E-state index in [1.807, 2.05) is 49.9 Å². The molecule has 0 unspecified atom stereocenters. The fraction of sp³-hybridized carbons (Fsp3) is 0.353. The summed E-state index contributed by atoms with van der Waals surface area (Å²) in [6.07, 6.45) is 1.92. The van der Waals surface area contributed by atoms with Gasteiger partial charge < -0.3 is 10.6 Å². The van der Waals surface area contributed by atoms with Crippen LogP contribution in [0.4, 0.5) is 5.69 Å². The number of hydrogen-bond acceptors (Lipinski definition) is 4. The lowest BCUT2D eigenvalue weighted by molar-refractivity contribution is -0.136. The molecule has 2 aromatic rings. The van der Waals surface area contributed by atoms with Crippen LogP contribution < -0.4 is 10.6 Å². The molecule has 2 N–H and O–H groups in total. The highest BCUT2D eigenvalue weighted by Crippen LogP contribution is 2.24. The van der Waals surface area contributed by atoms with Crippen molar-refractivity contribution in [3.63, 3.8) is 0 Å². The Morgan fingerprint density at radius 3 is 2.54 bits per heavy atom. The lowest BCUT2D eigenvalue weighted by Gasteiger charge is -2.09. The average Bonchev–Trinajstić information content (AvgIpc) is 2.86. The molecule has 0 aliphatic carbocycles. The minimum Gasteiger partial charge on any atom is -0.344 e. The number of benzene rings is 1. The molecule has 2 rings (SSSR count). The summed E-state index contributed by atoms with van der Waals surface area (Å²) in [5.41, 5.74) is 3.45. The summed E-state index contributed by atoms with van der Waals surface area (Å²) >= 11 is 1.51.